The molecule has 0 spiro atoms. The molecular weight excluding hydrogens is 328 g/mol. The van der Waals surface area contributed by atoms with Crippen LogP contribution in [0.15, 0.2) is 23.3 Å². The number of hydrogen-bond donors (Lipinski definition) is 2. The van der Waals surface area contributed by atoms with Crippen LogP contribution in [0.2, 0.25) is 0 Å². The molecule has 1 unspecified atom stereocenters. The highest BCUT2D eigenvalue weighted by Gasteiger charge is 2.10. The minimum absolute atomic E-state index is 0.00404. The van der Waals surface area contributed by atoms with Crippen LogP contribution in [-0.4, -0.2) is 51.1 Å². The summed E-state index contributed by atoms with van der Waals surface area (Å²) in [4.78, 5) is 8.41. The summed E-state index contributed by atoms with van der Waals surface area (Å²) in [6, 6.07) is 3.81. The van der Waals surface area contributed by atoms with Crippen LogP contribution in [0.5, 0.6) is 5.88 Å². The molecular formula is C16H28N4O3S. The van der Waals surface area contributed by atoms with Crippen molar-refractivity contribution >= 4 is 15.8 Å². The van der Waals surface area contributed by atoms with Crippen molar-refractivity contribution in [1.29, 1.82) is 0 Å². The minimum Gasteiger partial charge on any atom is -0.477 e. The Balaban J connectivity index is 2.55. The average molecular weight is 356 g/mol. The molecule has 0 aliphatic heterocycles. The van der Waals surface area contributed by atoms with E-state index in [1.54, 1.807) is 13.2 Å². The van der Waals surface area contributed by atoms with E-state index in [1.165, 1.54) is 6.26 Å². The Kier molecular flexibility index (Phi) is 8.53. The predicted molar refractivity (Wildman–Crippen MR) is 97.1 cm³/mol. The summed E-state index contributed by atoms with van der Waals surface area (Å²) < 4.78 is 28.1. The normalized spacial score (nSPS) is 13.4. The van der Waals surface area contributed by atoms with Crippen molar-refractivity contribution in [2.45, 2.75) is 39.3 Å². The molecule has 1 rings (SSSR count). The van der Waals surface area contributed by atoms with Gasteiger partial charge in [-0.25, -0.2) is 13.4 Å². The molecule has 7 nitrogen and oxygen atoms in total. The van der Waals surface area contributed by atoms with Crippen LogP contribution >= 0.6 is 0 Å². The van der Waals surface area contributed by atoms with Crippen LogP contribution in [0.1, 0.15) is 32.3 Å². The Bertz CT molecular complexity index is 632. The van der Waals surface area contributed by atoms with Gasteiger partial charge in [-0.15, -0.1) is 0 Å². The van der Waals surface area contributed by atoms with Gasteiger partial charge in [-0.2, -0.15) is 0 Å². The van der Waals surface area contributed by atoms with Gasteiger partial charge in [-0.05, 0) is 25.8 Å². The van der Waals surface area contributed by atoms with Crippen molar-refractivity contribution in [1.82, 2.24) is 15.6 Å². The van der Waals surface area contributed by atoms with Crippen LogP contribution in [0.4, 0.5) is 0 Å². The topological polar surface area (TPSA) is 92.7 Å². The third kappa shape index (κ3) is 8.14. The van der Waals surface area contributed by atoms with Gasteiger partial charge < -0.3 is 15.4 Å². The number of hydrogen-bond acceptors (Lipinski definition) is 5. The first-order valence-electron chi connectivity index (χ1n) is 8.07. The van der Waals surface area contributed by atoms with Crippen LogP contribution in [0.25, 0.3) is 0 Å². The van der Waals surface area contributed by atoms with Gasteiger partial charge >= 0.3 is 0 Å². The molecule has 1 heterocycles. The fourth-order valence-corrected chi connectivity index (χ4v) is 2.74. The lowest BCUT2D eigenvalue weighted by Gasteiger charge is -2.18. The Hall–Kier alpha value is -1.83. The molecule has 0 saturated carbocycles. The van der Waals surface area contributed by atoms with Crippen LogP contribution in [-0.2, 0) is 16.4 Å². The highest BCUT2D eigenvalue weighted by molar-refractivity contribution is 7.90. The SMILES string of the molecule is CCCOc1ncccc1CNC(=NC)NC(C)CCS(C)(=O)=O. The van der Waals surface area contributed by atoms with E-state index in [0.717, 1.165) is 12.0 Å². The molecule has 2 N–H and O–H groups in total. The van der Waals surface area contributed by atoms with Gasteiger partial charge in [0.15, 0.2) is 5.96 Å². The van der Waals surface area contributed by atoms with E-state index >= 15 is 0 Å². The molecule has 0 aromatic carbocycles. The third-order valence-electron chi connectivity index (χ3n) is 3.27. The Morgan fingerprint density at radius 2 is 2.21 bits per heavy atom. The number of nitrogens with zero attached hydrogens (tertiary/aromatic N) is 2. The van der Waals surface area contributed by atoms with Crippen molar-refractivity contribution in [2.24, 2.45) is 4.99 Å². The van der Waals surface area contributed by atoms with Gasteiger partial charge in [0.1, 0.15) is 9.84 Å². The Morgan fingerprint density at radius 1 is 1.46 bits per heavy atom. The third-order valence-corrected chi connectivity index (χ3v) is 4.24. The first-order valence-corrected chi connectivity index (χ1v) is 10.1. The summed E-state index contributed by atoms with van der Waals surface area (Å²) in [5.74, 6) is 1.38. The van der Waals surface area contributed by atoms with E-state index in [0.29, 0.717) is 31.4 Å². The number of guanidine groups is 1. The zero-order valence-electron chi connectivity index (χ0n) is 14.9. The fraction of sp³-hybridized carbons (Fsp3) is 0.625. The van der Waals surface area contributed by atoms with Gasteiger partial charge in [0, 0.05) is 37.7 Å². The van der Waals surface area contributed by atoms with Gasteiger partial charge in [0.25, 0.3) is 0 Å². The zero-order valence-corrected chi connectivity index (χ0v) is 15.7. The second-order valence-corrected chi connectivity index (χ2v) is 7.97. The lowest BCUT2D eigenvalue weighted by molar-refractivity contribution is 0.301. The van der Waals surface area contributed by atoms with Crippen molar-refractivity contribution in [2.75, 3.05) is 25.7 Å². The van der Waals surface area contributed by atoms with Crippen molar-refractivity contribution < 1.29 is 13.2 Å². The lowest BCUT2D eigenvalue weighted by atomic mass is 10.2. The molecule has 136 valence electrons. The molecule has 1 atom stereocenters. The van der Waals surface area contributed by atoms with Crippen LogP contribution in [0.3, 0.4) is 0 Å². The molecule has 0 saturated heterocycles. The van der Waals surface area contributed by atoms with Gasteiger partial charge in [-0.1, -0.05) is 13.0 Å². The largest absolute Gasteiger partial charge is 0.477 e. The summed E-state index contributed by atoms with van der Waals surface area (Å²) in [6.07, 6.45) is 4.39. The maximum absolute atomic E-state index is 11.2. The van der Waals surface area contributed by atoms with E-state index in [1.807, 2.05) is 26.0 Å². The summed E-state index contributed by atoms with van der Waals surface area (Å²) in [6.45, 7) is 5.12. The monoisotopic (exact) mass is 356 g/mol. The number of pyridine rings is 1. The first-order chi connectivity index (χ1) is 11.4. The molecule has 0 bridgehead atoms. The maximum Gasteiger partial charge on any atom is 0.218 e. The lowest BCUT2D eigenvalue weighted by Crippen LogP contribution is -2.42. The molecule has 0 aliphatic rings. The van der Waals surface area contributed by atoms with E-state index < -0.39 is 9.84 Å². The fourth-order valence-electron chi connectivity index (χ4n) is 1.96. The van der Waals surface area contributed by atoms with E-state index in [2.05, 4.69) is 20.6 Å². The number of aromatic nitrogens is 1. The standard InChI is InChI=1S/C16H28N4O3S/c1-5-10-23-15-14(7-6-9-18-15)12-19-16(17-3)20-13(2)8-11-24(4,21)22/h6-7,9,13H,5,8,10-12H2,1-4H3,(H2,17,19,20). The van der Waals surface area contributed by atoms with Crippen molar-refractivity contribution in [3.05, 3.63) is 23.9 Å². The van der Waals surface area contributed by atoms with Crippen LogP contribution in [0, 0.1) is 0 Å². The van der Waals surface area contributed by atoms with Gasteiger partial charge in [-0.3, -0.25) is 4.99 Å². The first kappa shape index (κ1) is 20.2. The average Bonchev–Trinajstić information content (AvgIpc) is 2.55. The molecule has 8 heteroatoms. The Morgan fingerprint density at radius 3 is 2.83 bits per heavy atom. The summed E-state index contributed by atoms with van der Waals surface area (Å²) in [5, 5.41) is 6.39. The number of ether oxygens (including phenoxy) is 1. The van der Waals surface area contributed by atoms with Crippen LogP contribution < -0.4 is 15.4 Å². The molecule has 24 heavy (non-hydrogen) atoms. The maximum atomic E-state index is 11.2. The zero-order chi connectivity index (χ0) is 18.0. The van der Waals surface area contributed by atoms with E-state index in [4.69, 9.17) is 4.74 Å². The number of nitrogens with one attached hydrogen (secondary N) is 2. The summed E-state index contributed by atoms with van der Waals surface area (Å²) in [7, 11) is -1.28. The second-order valence-electron chi connectivity index (χ2n) is 5.71. The van der Waals surface area contributed by atoms with Crippen molar-refractivity contribution in [3.8, 4) is 5.88 Å². The molecule has 0 aliphatic carbocycles. The number of sulfone groups is 1. The molecule has 1 aromatic rings. The second kappa shape index (κ2) is 10.1. The van der Waals surface area contributed by atoms with Gasteiger partial charge in [0.2, 0.25) is 5.88 Å². The highest BCUT2D eigenvalue weighted by atomic mass is 32.2. The summed E-state index contributed by atoms with van der Waals surface area (Å²) in [5.41, 5.74) is 0.942. The van der Waals surface area contributed by atoms with E-state index in [9.17, 15) is 8.42 Å². The highest BCUT2D eigenvalue weighted by Crippen LogP contribution is 2.14. The van der Waals surface area contributed by atoms with Gasteiger partial charge in [0.05, 0.1) is 12.4 Å². The molecule has 0 amide bonds. The minimum atomic E-state index is -2.96. The summed E-state index contributed by atoms with van der Waals surface area (Å²) >= 11 is 0. The van der Waals surface area contributed by atoms with Crippen molar-refractivity contribution in [3.63, 3.8) is 0 Å². The number of rotatable bonds is 9. The number of aliphatic imine (C=N–C) groups is 1. The smallest absolute Gasteiger partial charge is 0.218 e. The Labute approximate surface area is 144 Å². The van der Waals surface area contributed by atoms with E-state index in [-0.39, 0.29) is 11.8 Å². The predicted octanol–water partition coefficient (Wildman–Crippen LogP) is 1.36. The quantitative estimate of drug-likeness (QED) is 0.513. The molecule has 1 aromatic heterocycles. The molecule has 0 radical (unpaired) electrons. The molecule has 0 fully saturated rings.